The Morgan fingerprint density at radius 1 is 1.24 bits per heavy atom. The van der Waals surface area contributed by atoms with Crippen molar-refractivity contribution in [1.82, 2.24) is 9.21 Å². The molecule has 0 unspecified atom stereocenters. The van der Waals surface area contributed by atoms with Gasteiger partial charge >= 0.3 is 0 Å². The highest BCUT2D eigenvalue weighted by molar-refractivity contribution is 7.89. The molecule has 7 heteroatoms. The second-order valence-electron chi connectivity index (χ2n) is 5.12. The lowest BCUT2D eigenvalue weighted by Gasteiger charge is -2.33. The van der Waals surface area contributed by atoms with Crippen LogP contribution < -0.4 is 0 Å². The van der Waals surface area contributed by atoms with E-state index in [0.29, 0.717) is 26.2 Å². The van der Waals surface area contributed by atoms with Gasteiger partial charge in [0.25, 0.3) is 0 Å². The highest BCUT2D eigenvalue weighted by atomic mass is 32.2. The zero-order valence-corrected chi connectivity index (χ0v) is 11.1. The van der Waals surface area contributed by atoms with Crippen molar-refractivity contribution in [3.8, 4) is 0 Å². The van der Waals surface area contributed by atoms with Gasteiger partial charge in [0.1, 0.15) is 0 Å². The minimum Gasteiger partial charge on any atom is -0.396 e. The van der Waals surface area contributed by atoms with Crippen molar-refractivity contribution in [1.29, 1.82) is 0 Å². The lowest BCUT2D eigenvalue weighted by molar-refractivity contribution is -0.119. The predicted octanol–water partition coefficient (Wildman–Crippen LogP) is -0.891. The molecule has 1 N–H and O–H groups in total. The molecule has 0 aliphatic carbocycles. The van der Waals surface area contributed by atoms with Gasteiger partial charge in [0.2, 0.25) is 16.4 Å². The van der Waals surface area contributed by atoms with Gasteiger partial charge in [-0.1, -0.05) is 13.8 Å². The Morgan fingerprint density at radius 3 is 2.18 bits per heavy atom. The molecular weight excluding hydrogens is 244 g/mol. The van der Waals surface area contributed by atoms with Gasteiger partial charge in [-0.2, -0.15) is 4.31 Å². The van der Waals surface area contributed by atoms with Crippen molar-refractivity contribution in [2.45, 2.75) is 13.8 Å². The number of carbonyl (C=O) groups excluding carboxylic acids is 1. The molecule has 1 saturated heterocycles. The molecule has 1 aliphatic rings. The maximum Gasteiger partial charge on any atom is 0.214 e. The molecular formula is C10H20N2O4S. The molecule has 17 heavy (non-hydrogen) atoms. The number of nitrogens with zero attached hydrogens (tertiary/aromatic N) is 2. The first kappa shape index (κ1) is 14.4. The Hall–Kier alpha value is -0.660. The number of aliphatic hydroxyl groups is 1. The third-order valence-electron chi connectivity index (χ3n) is 2.82. The molecule has 0 bridgehead atoms. The lowest BCUT2D eigenvalue weighted by atomic mass is 9.98. The molecule has 1 fully saturated rings. The maximum absolute atomic E-state index is 12.1. The molecule has 1 heterocycles. The summed E-state index contributed by atoms with van der Waals surface area (Å²) in [7, 11) is -3.35. The van der Waals surface area contributed by atoms with Crippen molar-refractivity contribution >= 4 is 16.4 Å². The molecule has 1 aliphatic heterocycles. The quantitative estimate of drug-likeness (QED) is 0.653. The average Bonchev–Trinajstić information content (AvgIpc) is 2.28. The largest absolute Gasteiger partial charge is 0.396 e. The fraction of sp³-hybridized carbons (Fsp3) is 0.900. The molecule has 0 aromatic rings. The molecule has 0 aromatic carbocycles. The molecule has 0 saturated carbocycles. The molecule has 1 amide bonds. The van der Waals surface area contributed by atoms with Gasteiger partial charge in [-0.05, 0) is 0 Å². The van der Waals surface area contributed by atoms with Crippen LogP contribution in [-0.4, -0.2) is 67.7 Å². The first-order valence-electron chi connectivity index (χ1n) is 5.59. The number of aliphatic hydroxyl groups excluding tert-OH is 1. The number of amides is 1. The number of carbonyl (C=O) groups is 1. The van der Waals surface area contributed by atoms with Gasteiger partial charge in [0.15, 0.2) is 0 Å². The number of hydrogen-bond donors (Lipinski definition) is 1. The molecule has 0 aromatic heterocycles. The molecule has 100 valence electrons. The number of sulfonamides is 1. The number of piperazine rings is 1. The van der Waals surface area contributed by atoms with E-state index < -0.39 is 15.4 Å². The Morgan fingerprint density at radius 2 is 1.76 bits per heavy atom. The summed E-state index contributed by atoms with van der Waals surface area (Å²) >= 11 is 0. The SMILES string of the molecule is CC(C)(CO)CS(=O)(=O)N1CCN(C=O)CC1. The van der Waals surface area contributed by atoms with E-state index in [1.165, 1.54) is 4.31 Å². The summed E-state index contributed by atoms with van der Waals surface area (Å²) in [6.07, 6.45) is 0.738. The van der Waals surface area contributed by atoms with E-state index in [9.17, 15) is 13.2 Å². The maximum atomic E-state index is 12.1. The standard InChI is InChI=1S/C10H20N2O4S/c1-10(2,7-13)8-17(15,16)12-5-3-11(9-14)4-6-12/h9,13H,3-8H2,1-2H3. The van der Waals surface area contributed by atoms with Crippen LogP contribution in [0.4, 0.5) is 0 Å². The van der Waals surface area contributed by atoms with Gasteiger partial charge in [-0.3, -0.25) is 4.79 Å². The van der Waals surface area contributed by atoms with Crippen LogP contribution in [0.2, 0.25) is 0 Å². The Kier molecular flexibility index (Phi) is 4.51. The summed E-state index contributed by atoms with van der Waals surface area (Å²) < 4.78 is 25.5. The zero-order valence-electron chi connectivity index (χ0n) is 10.3. The number of hydrogen-bond acceptors (Lipinski definition) is 4. The topological polar surface area (TPSA) is 77.9 Å². The van der Waals surface area contributed by atoms with Crippen LogP contribution in [0.15, 0.2) is 0 Å². The second-order valence-corrected chi connectivity index (χ2v) is 7.09. The van der Waals surface area contributed by atoms with Crippen molar-refractivity contribution in [3.63, 3.8) is 0 Å². The van der Waals surface area contributed by atoms with Crippen LogP contribution in [0.5, 0.6) is 0 Å². The first-order chi connectivity index (χ1) is 7.80. The molecule has 1 rings (SSSR count). The van der Waals surface area contributed by atoms with Crippen molar-refractivity contribution < 1.29 is 18.3 Å². The smallest absolute Gasteiger partial charge is 0.214 e. The van der Waals surface area contributed by atoms with E-state index >= 15 is 0 Å². The fourth-order valence-electron chi connectivity index (χ4n) is 1.72. The van der Waals surface area contributed by atoms with E-state index in [0.717, 1.165) is 6.41 Å². The van der Waals surface area contributed by atoms with Gasteiger partial charge in [0, 0.05) is 38.2 Å². The second kappa shape index (κ2) is 5.32. The van der Waals surface area contributed by atoms with Crippen LogP contribution in [0.1, 0.15) is 13.8 Å². The highest BCUT2D eigenvalue weighted by Gasteiger charge is 2.32. The summed E-state index contributed by atoms with van der Waals surface area (Å²) in [6.45, 7) is 4.80. The van der Waals surface area contributed by atoms with Crippen LogP contribution >= 0.6 is 0 Å². The van der Waals surface area contributed by atoms with Gasteiger partial charge in [-0.15, -0.1) is 0 Å². The normalized spacial score (nSPS) is 19.4. The monoisotopic (exact) mass is 264 g/mol. The Bertz CT molecular complexity index is 359. The van der Waals surface area contributed by atoms with E-state index in [1.807, 2.05) is 0 Å². The average molecular weight is 264 g/mol. The van der Waals surface area contributed by atoms with Gasteiger partial charge in [0.05, 0.1) is 5.75 Å². The van der Waals surface area contributed by atoms with E-state index in [-0.39, 0.29) is 12.4 Å². The third kappa shape index (κ3) is 3.93. The van der Waals surface area contributed by atoms with Crippen molar-refractivity contribution in [3.05, 3.63) is 0 Å². The van der Waals surface area contributed by atoms with E-state index in [1.54, 1.807) is 18.7 Å². The van der Waals surface area contributed by atoms with Crippen molar-refractivity contribution in [2.75, 3.05) is 38.5 Å². The summed E-state index contributed by atoms with van der Waals surface area (Å²) in [4.78, 5) is 12.1. The molecule has 0 spiro atoms. The minimum atomic E-state index is -3.35. The summed E-state index contributed by atoms with van der Waals surface area (Å²) in [5.74, 6) is -0.0718. The Balaban J connectivity index is 2.64. The van der Waals surface area contributed by atoms with Crippen LogP contribution in [0, 0.1) is 5.41 Å². The zero-order chi connectivity index (χ0) is 13.1. The minimum absolute atomic E-state index is 0.0718. The van der Waals surface area contributed by atoms with Crippen molar-refractivity contribution in [2.24, 2.45) is 5.41 Å². The lowest BCUT2D eigenvalue weighted by Crippen LogP contribution is -2.50. The summed E-state index contributed by atoms with van der Waals surface area (Å²) in [5, 5.41) is 9.10. The van der Waals surface area contributed by atoms with E-state index in [4.69, 9.17) is 5.11 Å². The van der Waals surface area contributed by atoms with Crippen LogP contribution in [0.3, 0.4) is 0 Å². The number of rotatable bonds is 5. The summed E-state index contributed by atoms with van der Waals surface area (Å²) in [6, 6.07) is 0. The van der Waals surface area contributed by atoms with Crippen LogP contribution in [0.25, 0.3) is 0 Å². The summed E-state index contributed by atoms with van der Waals surface area (Å²) in [5.41, 5.74) is -0.638. The van der Waals surface area contributed by atoms with E-state index in [2.05, 4.69) is 0 Å². The predicted molar refractivity (Wildman–Crippen MR) is 63.9 cm³/mol. The molecule has 6 nitrogen and oxygen atoms in total. The van der Waals surface area contributed by atoms with Crippen LogP contribution in [-0.2, 0) is 14.8 Å². The van der Waals surface area contributed by atoms with Gasteiger partial charge in [-0.25, -0.2) is 8.42 Å². The molecule has 0 radical (unpaired) electrons. The Labute approximate surface area is 102 Å². The van der Waals surface area contributed by atoms with Gasteiger partial charge < -0.3 is 10.0 Å². The molecule has 0 atom stereocenters. The third-order valence-corrected chi connectivity index (χ3v) is 5.12. The highest BCUT2D eigenvalue weighted by Crippen LogP contribution is 2.19. The first-order valence-corrected chi connectivity index (χ1v) is 7.20. The fourth-order valence-corrected chi connectivity index (χ4v) is 3.70.